The maximum Gasteiger partial charge on any atom is 0.136 e. The molecule has 0 fully saturated rings. The molecule has 1 aliphatic heterocycles. The van der Waals surface area contributed by atoms with Gasteiger partial charge in [0.05, 0.1) is 21.9 Å². The minimum Gasteiger partial charge on any atom is -0.456 e. The van der Waals surface area contributed by atoms with E-state index in [1.54, 1.807) is 6.08 Å². The fourth-order valence-electron chi connectivity index (χ4n) is 6.83. The second kappa shape index (κ2) is 10.3. The molecule has 1 aliphatic rings. The SMILES string of the molecule is C=C/C=c1\c(=C)c2cc3c(cc2n1-c1ccc2c(c1)c1ccccc1n2-c1ccccc1)-c1ccccc1C(C=C)=C(C=C)O3. The quantitative estimate of drug-likeness (QED) is 0.199. The third-order valence-electron chi connectivity index (χ3n) is 8.80. The molecule has 45 heavy (non-hydrogen) atoms. The Kier molecular flexibility index (Phi) is 6.07. The molecule has 5 aromatic carbocycles. The first-order chi connectivity index (χ1) is 22.1. The first kappa shape index (κ1) is 26.6. The molecule has 0 spiro atoms. The monoisotopic (exact) mass is 578 g/mol. The van der Waals surface area contributed by atoms with Gasteiger partial charge in [0.1, 0.15) is 11.5 Å². The van der Waals surface area contributed by atoms with Crippen LogP contribution in [0.1, 0.15) is 5.56 Å². The van der Waals surface area contributed by atoms with Crippen LogP contribution < -0.4 is 15.3 Å². The van der Waals surface area contributed by atoms with Crippen molar-refractivity contribution in [3.63, 3.8) is 0 Å². The van der Waals surface area contributed by atoms with Crippen LogP contribution in [-0.2, 0) is 0 Å². The zero-order valence-electron chi connectivity index (χ0n) is 24.8. The molecule has 3 nitrogen and oxygen atoms in total. The zero-order valence-corrected chi connectivity index (χ0v) is 24.8. The van der Waals surface area contributed by atoms with E-state index in [0.717, 1.165) is 66.4 Å². The summed E-state index contributed by atoms with van der Waals surface area (Å²) in [6.45, 7) is 16.7. The fourth-order valence-corrected chi connectivity index (χ4v) is 6.83. The molecule has 0 amide bonds. The highest BCUT2D eigenvalue weighted by Gasteiger charge is 2.23. The maximum absolute atomic E-state index is 6.54. The highest BCUT2D eigenvalue weighted by molar-refractivity contribution is 6.10. The number of nitrogens with zero attached hydrogens (tertiary/aromatic N) is 2. The van der Waals surface area contributed by atoms with Crippen molar-refractivity contribution in [2.75, 3.05) is 0 Å². The molecule has 8 rings (SSSR count). The van der Waals surface area contributed by atoms with Crippen LogP contribution in [0.15, 0.2) is 153 Å². The van der Waals surface area contributed by atoms with Gasteiger partial charge in [-0.25, -0.2) is 0 Å². The normalized spacial score (nSPS) is 13.0. The van der Waals surface area contributed by atoms with Gasteiger partial charge in [0.15, 0.2) is 0 Å². The number of rotatable bonds is 5. The smallest absolute Gasteiger partial charge is 0.136 e. The Labute approximate surface area is 261 Å². The first-order valence-corrected chi connectivity index (χ1v) is 15.0. The van der Waals surface area contributed by atoms with Gasteiger partial charge in [-0.2, -0.15) is 0 Å². The summed E-state index contributed by atoms with van der Waals surface area (Å²) < 4.78 is 11.2. The predicted molar refractivity (Wildman–Crippen MR) is 190 cm³/mol. The van der Waals surface area contributed by atoms with Gasteiger partial charge in [0.2, 0.25) is 0 Å². The van der Waals surface area contributed by atoms with Gasteiger partial charge in [0.25, 0.3) is 0 Å². The van der Waals surface area contributed by atoms with Crippen molar-refractivity contribution in [2.24, 2.45) is 0 Å². The van der Waals surface area contributed by atoms with Crippen molar-refractivity contribution < 1.29 is 4.74 Å². The van der Waals surface area contributed by atoms with Crippen LogP contribution in [-0.4, -0.2) is 9.13 Å². The molecule has 0 saturated heterocycles. The van der Waals surface area contributed by atoms with E-state index in [4.69, 9.17) is 4.74 Å². The number of fused-ring (bicyclic) bond motifs is 7. The Morgan fingerprint density at radius 3 is 2.07 bits per heavy atom. The van der Waals surface area contributed by atoms with Crippen molar-refractivity contribution in [1.29, 1.82) is 0 Å². The van der Waals surface area contributed by atoms with E-state index >= 15 is 0 Å². The topological polar surface area (TPSA) is 19.1 Å². The molecule has 2 aromatic heterocycles. The second-order valence-electron chi connectivity index (χ2n) is 11.2. The summed E-state index contributed by atoms with van der Waals surface area (Å²) in [5.41, 5.74) is 9.60. The lowest BCUT2D eigenvalue weighted by molar-refractivity contribution is 0.451. The summed E-state index contributed by atoms with van der Waals surface area (Å²) in [6.07, 6.45) is 7.45. The average Bonchev–Trinajstić information content (AvgIpc) is 3.50. The largest absolute Gasteiger partial charge is 0.456 e. The van der Waals surface area contributed by atoms with Crippen LogP contribution in [0, 0.1) is 0 Å². The van der Waals surface area contributed by atoms with Crippen molar-refractivity contribution in [3.05, 3.63) is 169 Å². The van der Waals surface area contributed by atoms with Gasteiger partial charge in [-0.1, -0.05) is 99.1 Å². The Hall–Kier alpha value is -6.06. The van der Waals surface area contributed by atoms with E-state index in [2.05, 4.69) is 139 Å². The Morgan fingerprint density at radius 1 is 0.556 bits per heavy atom. The molecule has 0 unspecified atom stereocenters. The van der Waals surface area contributed by atoms with Gasteiger partial charge in [0, 0.05) is 43.9 Å². The summed E-state index contributed by atoms with van der Waals surface area (Å²) in [5.74, 6) is 1.44. The molecule has 3 heterocycles. The summed E-state index contributed by atoms with van der Waals surface area (Å²) in [6, 6.07) is 38.5. The summed E-state index contributed by atoms with van der Waals surface area (Å²) >= 11 is 0. The molecule has 0 aliphatic carbocycles. The maximum atomic E-state index is 6.54. The van der Waals surface area contributed by atoms with E-state index in [1.807, 2.05) is 24.3 Å². The highest BCUT2D eigenvalue weighted by Crippen LogP contribution is 2.43. The van der Waals surface area contributed by atoms with Crippen molar-refractivity contribution >= 4 is 50.9 Å². The lowest BCUT2D eigenvalue weighted by atomic mass is 9.93. The lowest BCUT2D eigenvalue weighted by Crippen LogP contribution is -2.26. The van der Waals surface area contributed by atoms with E-state index in [-0.39, 0.29) is 0 Å². The third-order valence-corrected chi connectivity index (χ3v) is 8.80. The lowest BCUT2D eigenvalue weighted by Gasteiger charge is -2.13. The van der Waals surface area contributed by atoms with Gasteiger partial charge in [-0.3, -0.25) is 0 Å². The van der Waals surface area contributed by atoms with E-state index in [1.165, 1.54) is 16.3 Å². The standard InChI is InChI=1S/C42H30N2O/c1-5-15-37-27(4)34-26-42-36(32-19-12-11-18-31(32)30(6-2)41(7-3)45-42)25-40(34)44(37)29-22-23-39-35(24-29)33-20-13-14-21-38(33)43(39)28-16-9-8-10-17-28/h5-26H,1-4H2/b37-15+. The molecule has 0 radical (unpaired) electrons. The fraction of sp³-hybridized carbons (Fsp3) is 0. The van der Waals surface area contributed by atoms with Crippen LogP contribution in [0.4, 0.5) is 0 Å². The van der Waals surface area contributed by atoms with Crippen LogP contribution in [0.2, 0.25) is 0 Å². The molecular weight excluding hydrogens is 548 g/mol. The predicted octanol–water partition coefficient (Wildman–Crippen LogP) is 9.25. The number of ether oxygens (including phenoxy) is 1. The first-order valence-electron chi connectivity index (χ1n) is 15.0. The number of aromatic nitrogens is 2. The summed E-state index contributed by atoms with van der Waals surface area (Å²) in [7, 11) is 0. The van der Waals surface area contributed by atoms with Gasteiger partial charge < -0.3 is 13.9 Å². The minimum atomic E-state index is 0.679. The van der Waals surface area contributed by atoms with Crippen LogP contribution in [0.25, 0.3) is 73.4 Å². The number of allylic oxidation sites excluding steroid dienone is 4. The molecule has 0 atom stereocenters. The van der Waals surface area contributed by atoms with E-state index in [0.29, 0.717) is 5.76 Å². The highest BCUT2D eigenvalue weighted by atomic mass is 16.5. The van der Waals surface area contributed by atoms with Crippen LogP contribution in [0.3, 0.4) is 0 Å². The van der Waals surface area contributed by atoms with Gasteiger partial charge >= 0.3 is 0 Å². The molecule has 0 saturated carbocycles. The van der Waals surface area contributed by atoms with E-state index in [9.17, 15) is 0 Å². The Balaban J connectivity index is 1.45. The summed E-state index contributed by atoms with van der Waals surface area (Å²) in [4.78, 5) is 0. The van der Waals surface area contributed by atoms with Crippen molar-refractivity contribution in [3.8, 4) is 28.3 Å². The van der Waals surface area contributed by atoms with Crippen molar-refractivity contribution in [1.82, 2.24) is 9.13 Å². The molecular formula is C42H30N2O. The minimum absolute atomic E-state index is 0.679. The third kappa shape index (κ3) is 3.91. The number of hydrogen-bond donors (Lipinski definition) is 0. The average molecular weight is 579 g/mol. The molecule has 0 N–H and O–H groups in total. The molecule has 7 aromatic rings. The molecule has 214 valence electrons. The number of hydrogen-bond acceptors (Lipinski definition) is 1. The van der Waals surface area contributed by atoms with E-state index < -0.39 is 0 Å². The van der Waals surface area contributed by atoms with Gasteiger partial charge in [-0.05, 0) is 71.8 Å². The zero-order chi connectivity index (χ0) is 30.7. The number of benzene rings is 5. The Bertz CT molecular complexity index is 2520. The molecule has 3 heteroatoms. The summed E-state index contributed by atoms with van der Waals surface area (Å²) in [5, 5.41) is 5.29. The van der Waals surface area contributed by atoms with Gasteiger partial charge in [-0.15, -0.1) is 0 Å². The van der Waals surface area contributed by atoms with Crippen LogP contribution >= 0.6 is 0 Å². The van der Waals surface area contributed by atoms with Crippen LogP contribution in [0.5, 0.6) is 5.75 Å². The number of para-hydroxylation sites is 2. The Morgan fingerprint density at radius 2 is 1.29 bits per heavy atom. The second-order valence-corrected chi connectivity index (χ2v) is 11.2. The molecule has 0 bridgehead atoms. The van der Waals surface area contributed by atoms with Crippen molar-refractivity contribution in [2.45, 2.75) is 0 Å².